The third kappa shape index (κ3) is 3.81. The van der Waals surface area contributed by atoms with Crippen LogP contribution in [0.2, 0.25) is 10.0 Å². The number of carbonyl (C=O) groups is 1. The van der Waals surface area contributed by atoms with Gasteiger partial charge in [-0.1, -0.05) is 28.4 Å². The molecule has 0 atom stereocenters. The molecule has 0 aliphatic rings. The number of aromatic nitrogens is 3. The molecule has 0 fully saturated rings. The zero-order valence-electron chi connectivity index (χ0n) is 12.4. The number of anilines is 3. The lowest BCUT2D eigenvalue weighted by atomic mass is 10.2. The van der Waals surface area contributed by atoms with Crippen molar-refractivity contribution in [3.8, 4) is 0 Å². The number of nitrogens with zero attached hydrogens (tertiary/aromatic N) is 3. The number of halogens is 2. The quantitative estimate of drug-likeness (QED) is 0.725. The molecule has 9 heteroatoms. The van der Waals surface area contributed by atoms with Crippen molar-refractivity contribution >= 4 is 46.6 Å². The second kappa shape index (κ2) is 6.86. The van der Waals surface area contributed by atoms with Crippen LogP contribution in [0.3, 0.4) is 0 Å². The van der Waals surface area contributed by atoms with E-state index in [1.165, 1.54) is 12.4 Å². The molecule has 1 aromatic carbocycles. The minimum atomic E-state index is -0.400. The van der Waals surface area contributed by atoms with E-state index in [0.717, 1.165) is 0 Å². The van der Waals surface area contributed by atoms with Gasteiger partial charge in [-0.15, -0.1) is 0 Å². The van der Waals surface area contributed by atoms with Gasteiger partial charge in [-0.3, -0.25) is 4.79 Å². The Labute approximate surface area is 147 Å². The van der Waals surface area contributed by atoms with Gasteiger partial charge in [0.2, 0.25) is 5.95 Å². The number of nitrogens with one attached hydrogen (secondary N) is 2. The van der Waals surface area contributed by atoms with E-state index in [1.54, 1.807) is 31.2 Å². The molecule has 7 nitrogen and oxygen atoms in total. The summed E-state index contributed by atoms with van der Waals surface area (Å²) >= 11 is 11.9. The van der Waals surface area contributed by atoms with Crippen LogP contribution < -0.4 is 10.6 Å². The minimum Gasteiger partial charge on any atom is -0.360 e. The fraction of sp³-hybridized carbons (Fsp3) is 0.0667. The van der Waals surface area contributed by atoms with E-state index in [9.17, 15) is 4.79 Å². The van der Waals surface area contributed by atoms with Gasteiger partial charge in [-0.05, 0) is 25.1 Å². The third-order valence-electron chi connectivity index (χ3n) is 2.96. The minimum absolute atomic E-state index is 0.271. The van der Waals surface area contributed by atoms with Crippen molar-refractivity contribution in [2.75, 3.05) is 10.6 Å². The van der Waals surface area contributed by atoms with E-state index in [0.29, 0.717) is 33.3 Å². The molecule has 0 aliphatic carbocycles. The molecule has 0 aliphatic heterocycles. The van der Waals surface area contributed by atoms with Gasteiger partial charge in [0.05, 0.1) is 16.3 Å². The first-order valence-electron chi connectivity index (χ1n) is 6.80. The Hall–Kier alpha value is -2.64. The summed E-state index contributed by atoms with van der Waals surface area (Å²) in [6.07, 6.45) is 2.77. The molecule has 0 radical (unpaired) electrons. The smallest absolute Gasteiger partial charge is 0.258 e. The maximum Gasteiger partial charge on any atom is 0.258 e. The average molecular weight is 364 g/mol. The number of carbonyl (C=O) groups excluding carboxylic acids is 1. The SMILES string of the molecule is Cc1cc(Nc2ncc(C(=O)Nc3cc(Cl)ccc3Cl)cn2)no1. The Bertz CT molecular complexity index is 880. The highest BCUT2D eigenvalue weighted by Gasteiger charge is 2.11. The predicted molar refractivity (Wildman–Crippen MR) is 91.0 cm³/mol. The fourth-order valence-electron chi connectivity index (χ4n) is 1.84. The first kappa shape index (κ1) is 16.2. The van der Waals surface area contributed by atoms with Crippen molar-refractivity contribution in [3.05, 3.63) is 58.0 Å². The lowest BCUT2D eigenvalue weighted by Gasteiger charge is -2.07. The third-order valence-corrected chi connectivity index (χ3v) is 3.52. The largest absolute Gasteiger partial charge is 0.360 e. The van der Waals surface area contributed by atoms with Crippen molar-refractivity contribution in [1.29, 1.82) is 0 Å². The summed E-state index contributed by atoms with van der Waals surface area (Å²) < 4.78 is 4.93. The zero-order chi connectivity index (χ0) is 17.1. The molecule has 1 amide bonds. The molecular weight excluding hydrogens is 353 g/mol. The highest BCUT2D eigenvalue weighted by Crippen LogP contribution is 2.25. The number of hydrogen-bond acceptors (Lipinski definition) is 6. The normalized spacial score (nSPS) is 10.5. The van der Waals surface area contributed by atoms with Gasteiger partial charge in [0.1, 0.15) is 5.76 Å². The van der Waals surface area contributed by atoms with Crippen molar-refractivity contribution in [3.63, 3.8) is 0 Å². The van der Waals surface area contributed by atoms with Gasteiger partial charge >= 0.3 is 0 Å². The van der Waals surface area contributed by atoms with Crippen LogP contribution in [0.15, 0.2) is 41.2 Å². The standard InChI is InChI=1S/C15H11Cl2N5O2/c1-8-4-13(22-24-8)21-15-18-6-9(7-19-15)14(23)20-12-5-10(16)2-3-11(12)17/h2-7H,1H3,(H,20,23)(H,18,19,21,22). The topological polar surface area (TPSA) is 92.9 Å². The van der Waals surface area contributed by atoms with Crippen molar-refractivity contribution in [2.45, 2.75) is 6.92 Å². The van der Waals surface area contributed by atoms with Crippen LogP contribution in [0.5, 0.6) is 0 Å². The number of rotatable bonds is 4. The van der Waals surface area contributed by atoms with Crippen LogP contribution in [-0.2, 0) is 0 Å². The van der Waals surface area contributed by atoms with Crippen LogP contribution in [0.25, 0.3) is 0 Å². The van der Waals surface area contributed by atoms with Crippen molar-refractivity contribution in [1.82, 2.24) is 15.1 Å². The molecule has 122 valence electrons. The summed E-state index contributed by atoms with van der Waals surface area (Å²) in [6, 6.07) is 6.49. The molecule has 3 aromatic rings. The molecule has 2 N–H and O–H groups in total. The highest BCUT2D eigenvalue weighted by atomic mass is 35.5. The van der Waals surface area contributed by atoms with Crippen molar-refractivity contribution in [2.24, 2.45) is 0 Å². The molecule has 3 rings (SSSR count). The van der Waals surface area contributed by atoms with E-state index in [2.05, 4.69) is 25.8 Å². The van der Waals surface area contributed by atoms with Crippen molar-refractivity contribution < 1.29 is 9.32 Å². The van der Waals surface area contributed by atoms with Gasteiger partial charge in [-0.2, -0.15) is 0 Å². The average Bonchev–Trinajstić information content (AvgIpc) is 2.96. The Morgan fingerprint density at radius 2 is 1.92 bits per heavy atom. The number of benzene rings is 1. The van der Waals surface area contributed by atoms with Crippen LogP contribution in [0, 0.1) is 6.92 Å². The fourth-order valence-corrected chi connectivity index (χ4v) is 2.17. The molecule has 0 unspecified atom stereocenters. The maximum atomic E-state index is 12.2. The van der Waals surface area contributed by atoms with Gasteiger partial charge in [-0.25, -0.2) is 9.97 Å². The number of amides is 1. The lowest BCUT2D eigenvalue weighted by molar-refractivity contribution is 0.102. The first-order valence-corrected chi connectivity index (χ1v) is 7.55. The summed E-state index contributed by atoms with van der Waals surface area (Å²) in [5.74, 6) is 1.03. The Morgan fingerprint density at radius 3 is 2.58 bits per heavy atom. The molecular formula is C15H11Cl2N5O2. The molecule has 0 saturated carbocycles. The summed E-state index contributed by atoms with van der Waals surface area (Å²) in [5, 5.41) is 10.1. The van der Waals surface area contributed by atoms with Gasteiger partial charge < -0.3 is 15.2 Å². The Morgan fingerprint density at radius 1 is 1.17 bits per heavy atom. The molecule has 2 heterocycles. The monoisotopic (exact) mass is 363 g/mol. The molecule has 0 saturated heterocycles. The van der Waals surface area contributed by atoms with Gasteiger partial charge in [0, 0.05) is 23.5 Å². The molecule has 24 heavy (non-hydrogen) atoms. The van der Waals surface area contributed by atoms with E-state index >= 15 is 0 Å². The van der Waals surface area contributed by atoms with E-state index < -0.39 is 5.91 Å². The van der Waals surface area contributed by atoms with E-state index in [4.69, 9.17) is 27.7 Å². The number of aryl methyl sites for hydroxylation is 1. The second-order valence-electron chi connectivity index (χ2n) is 4.82. The number of hydrogen-bond donors (Lipinski definition) is 2. The summed E-state index contributed by atoms with van der Waals surface area (Å²) in [4.78, 5) is 20.3. The van der Waals surface area contributed by atoms with Crippen LogP contribution in [0.4, 0.5) is 17.5 Å². The summed E-state index contributed by atoms with van der Waals surface area (Å²) in [6.45, 7) is 1.77. The summed E-state index contributed by atoms with van der Waals surface area (Å²) in [7, 11) is 0. The van der Waals surface area contributed by atoms with E-state index in [-0.39, 0.29) is 5.56 Å². The van der Waals surface area contributed by atoms with Gasteiger partial charge in [0.15, 0.2) is 5.82 Å². The van der Waals surface area contributed by atoms with Crippen LogP contribution >= 0.6 is 23.2 Å². The Balaban J connectivity index is 1.70. The van der Waals surface area contributed by atoms with E-state index in [1.807, 2.05) is 0 Å². The molecule has 0 spiro atoms. The second-order valence-corrected chi connectivity index (χ2v) is 5.67. The lowest BCUT2D eigenvalue weighted by Crippen LogP contribution is -2.13. The van der Waals surface area contributed by atoms with Gasteiger partial charge in [0.25, 0.3) is 5.91 Å². The Kier molecular flexibility index (Phi) is 4.64. The van der Waals surface area contributed by atoms with Crippen LogP contribution in [0.1, 0.15) is 16.1 Å². The summed E-state index contributed by atoms with van der Waals surface area (Å²) in [5.41, 5.74) is 0.683. The maximum absolute atomic E-state index is 12.2. The molecule has 0 bridgehead atoms. The molecule has 2 aromatic heterocycles. The van der Waals surface area contributed by atoms with Crippen LogP contribution in [-0.4, -0.2) is 21.0 Å². The zero-order valence-corrected chi connectivity index (χ0v) is 13.9. The predicted octanol–water partition coefficient (Wildman–Crippen LogP) is 4.08. The highest BCUT2D eigenvalue weighted by molar-refractivity contribution is 6.35. The first-order chi connectivity index (χ1) is 11.5.